The van der Waals surface area contributed by atoms with Crippen LogP contribution in [-0.2, 0) is 4.79 Å². The number of aliphatic hydroxyl groups excluding tert-OH is 2. The van der Waals surface area contributed by atoms with Crippen LogP contribution >= 0.6 is 0 Å². The standard InChI is InChI=1S/C11H11NO3/c13-6-8-10(14)9(11(15)12-8)7-4-2-1-3-5-7/h1-5,8,13-14H,6H2,(H,12,15)/t8-/m1/s1. The van der Waals surface area contributed by atoms with Crippen LogP contribution in [0.15, 0.2) is 36.1 Å². The van der Waals surface area contributed by atoms with E-state index in [9.17, 15) is 9.90 Å². The number of nitrogens with one attached hydrogen (secondary N) is 1. The molecule has 1 aliphatic rings. The Kier molecular flexibility index (Phi) is 2.43. The molecule has 0 aliphatic carbocycles. The highest BCUT2D eigenvalue weighted by atomic mass is 16.3. The second-order valence-electron chi connectivity index (χ2n) is 3.33. The molecule has 0 saturated carbocycles. The van der Waals surface area contributed by atoms with Crippen LogP contribution in [0.25, 0.3) is 5.57 Å². The number of aliphatic hydroxyl groups is 2. The molecule has 1 atom stereocenters. The first-order valence-corrected chi connectivity index (χ1v) is 4.64. The Labute approximate surface area is 86.9 Å². The molecule has 1 aromatic carbocycles. The number of carbonyl (C=O) groups is 1. The van der Waals surface area contributed by atoms with Crippen LogP contribution < -0.4 is 5.32 Å². The normalized spacial score (nSPS) is 20.6. The predicted molar refractivity (Wildman–Crippen MR) is 55.0 cm³/mol. The third kappa shape index (κ3) is 1.59. The average molecular weight is 205 g/mol. The molecular formula is C11H11NO3. The van der Waals surface area contributed by atoms with Gasteiger partial charge in [-0.2, -0.15) is 0 Å². The molecular weight excluding hydrogens is 194 g/mol. The van der Waals surface area contributed by atoms with Crippen LogP contribution in [0.2, 0.25) is 0 Å². The molecule has 0 radical (unpaired) electrons. The first-order chi connectivity index (χ1) is 7.24. The minimum atomic E-state index is -0.673. The Hall–Kier alpha value is -1.81. The van der Waals surface area contributed by atoms with Crippen LogP contribution in [-0.4, -0.2) is 28.8 Å². The molecule has 0 saturated heterocycles. The molecule has 0 bridgehead atoms. The lowest BCUT2D eigenvalue weighted by Crippen LogP contribution is -2.31. The molecule has 4 nitrogen and oxygen atoms in total. The number of hydrogen-bond acceptors (Lipinski definition) is 3. The summed E-state index contributed by atoms with van der Waals surface area (Å²) in [5.41, 5.74) is 0.901. The smallest absolute Gasteiger partial charge is 0.256 e. The highest BCUT2D eigenvalue weighted by Gasteiger charge is 2.31. The Balaban J connectivity index is 2.44. The van der Waals surface area contributed by atoms with E-state index in [1.165, 1.54) is 0 Å². The molecule has 3 N–H and O–H groups in total. The number of hydrogen-bond donors (Lipinski definition) is 3. The van der Waals surface area contributed by atoms with Gasteiger partial charge in [0.1, 0.15) is 11.8 Å². The maximum atomic E-state index is 11.5. The summed E-state index contributed by atoms with van der Waals surface area (Å²) >= 11 is 0. The number of benzene rings is 1. The van der Waals surface area contributed by atoms with Gasteiger partial charge in [0.2, 0.25) is 0 Å². The fourth-order valence-electron chi connectivity index (χ4n) is 1.61. The lowest BCUT2D eigenvalue weighted by atomic mass is 10.1. The third-order valence-electron chi connectivity index (χ3n) is 2.36. The number of carbonyl (C=O) groups excluding carboxylic acids is 1. The zero-order valence-corrected chi connectivity index (χ0v) is 7.97. The van der Waals surface area contributed by atoms with Gasteiger partial charge in [0.25, 0.3) is 5.91 Å². The summed E-state index contributed by atoms with van der Waals surface area (Å²) in [6.45, 7) is -0.298. The maximum Gasteiger partial charge on any atom is 0.256 e. The third-order valence-corrected chi connectivity index (χ3v) is 2.36. The van der Waals surface area contributed by atoms with Gasteiger partial charge in [-0.3, -0.25) is 4.79 Å². The summed E-state index contributed by atoms with van der Waals surface area (Å²) in [4.78, 5) is 11.5. The summed E-state index contributed by atoms with van der Waals surface area (Å²) in [7, 11) is 0. The molecule has 1 aliphatic heterocycles. The number of amides is 1. The van der Waals surface area contributed by atoms with Crippen molar-refractivity contribution in [1.82, 2.24) is 5.32 Å². The second kappa shape index (κ2) is 3.74. The molecule has 1 aromatic rings. The van der Waals surface area contributed by atoms with E-state index in [1.807, 2.05) is 6.07 Å². The second-order valence-corrected chi connectivity index (χ2v) is 3.33. The SMILES string of the molecule is O=C1N[C@H](CO)C(O)=C1c1ccccc1. The first-order valence-electron chi connectivity index (χ1n) is 4.64. The van der Waals surface area contributed by atoms with Crippen molar-refractivity contribution in [3.05, 3.63) is 41.7 Å². The minimum Gasteiger partial charge on any atom is -0.509 e. The lowest BCUT2D eigenvalue weighted by molar-refractivity contribution is -0.115. The highest BCUT2D eigenvalue weighted by Crippen LogP contribution is 2.24. The van der Waals surface area contributed by atoms with E-state index < -0.39 is 6.04 Å². The van der Waals surface area contributed by atoms with Crippen molar-refractivity contribution in [1.29, 1.82) is 0 Å². The number of rotatable bonds is 2. The molecule has 0 spiro atoms. The molecule has 0 aromatic heterocycles. The van der Waals surface area contributed by atoms with Crippen molar-refractivity contribution >= 4 is 11.5 Å². The molecule has 0 fully saturated rings. The van der Waals surface area contributed by atoms with Crippen LogP contribution in [0.3, 0.4) is 0 Å². The van der Waals surface area contributed by atoms with Gasteiger partial charge in [-0.05, 0) is 5.56 Å². The van der Waals surface area contributed by atoms with Gasteiger partial charge in [0, 0.05) is 0 Å². The van der Waals surface area contributed by atoms with E-state index in [-0.39, 0.29) is 23.8 Å². The van der Waals surface area contributed by atoms with E-state index >= 15 is 0 Å². The fourth-order valence-corrected chi connectivity index (χ4v) is 1.61. The molecule has 15 heavy (non-hydrogen) atoms. The van der Waals surface area contributed by atoms with E-state index in [2.05, 4.69) is 5.32 Å². The van der Waals surface area contributed by atoms with E-state index in [0.717, 1.165) is 0 Å². The van der Waals surface area contributed by atoms with Crippen molar-refractivity contribution in [2.24, 2.45) is 0 Å². The first kappa shape index (κ1) is 9.73. The molecule has 0 unspecified atom stereocenters. The van der Waals surface area contributed by atoms with Crippen molar-refractivity contribution < 1.29 is 15.0 Å². The molecule has 4 heteroatoms. The van der Waals surface area contributed by atoms with Crippen LogP contribution in [0, 0.1) is 0 Å². The summed E-state index contributed by atoms with van der Waals surface area (Å²) in [6, 6.07) is 8.21. The van der Waals surface area contributed by atoms with Gasteiger partial charge >= 0.3 is 0 Å². The van der Waals surface area contributed by atoms with Crippen LogP contribution in [0.1, 0.15) is 5.56 Å². The van der Waals surface area contributed by atoms with E-state index in [1.54, 1.807) is 24.3 Å². The van der Waals surface area contributed by atoms with Crippen molar-refractivity contribution in [2.45, 2.75) is 6.04 Å². The van der Waals surface area contributed by atoms with Gasteiger partial charge in [0.15, 0.2) is 0 Å². The van der Waals surface area contributed by atoms with Crippen molar-refractivity contribution in [3.8, 4) is 0 Å². The molecule has 1 heterocycles. The maximum absolute atomic E-state index is 11.5. The Bertz CT molecular complexity index is 411. The molecule has 2 rings (SSSR count). The molecule has 1 amide bonds. The van der Waals surface area contributed by atoms with Crippen LogP contribution in [0.4, 0.5) is 0 Å². The van der Waals surface area contributed by atoms with Crippen LogP contribution in [0.5, 0.6) is 0 Å². The minimum absolute atomic E-state index is 0.0892. The Morgan fingerprint density at radius 1 is 1.27 bits per heavy atom. The van der Waals surface area contributed by atoms with Gasteiger partial charge in [0.05, 0.1) is 12.2 Å². The van der Waals surface area contributed by atoms with Crippen molar-refractivity contribution in [3.63, 3.8) is 0 Å². The van der Waals surface area contributed by atoms with Gasteiger partial charge in [-0.1, -0.05) is 30.3 Å². The van der Waals surface area contributed by atoms with Gasteiger partial charge < -0.3 is 15.5 Å². The monoisotopic (exact) mass is 205 g/mol. The summed E-state index contributed by atoms with van der Waals surface area (Å²) < 4.78 is 0. The highest BCUT2D eigenvalue weighted by molar-refractivity contribution is 6.22. The van der Waals surface area contributed by atoms with Gasteiger partial charge in [-0.15, -0.1) is 0 Å². The zero-order chi connectivity index (χ0) is 10.8. The molecule has 78 valence electrons. The lowest BCUT2D eigenvalue weighted by Gasteiger charge is -2.04. The Morgan fingerprint density at radius 3 is 2.47 bits per heavy atom. The average Bonchev–Trinajstić information content (AvgIpc) is 2.55. The van der Waals surface area contributed by atoms with Gasteiger partial charge in [-0.25, -0.2) is 0 Å². The van der Waals surface area contributed by atoms with E-state index in [0.29, 0.717) is 5.56 Å². The summed E-state index contributed by atoms with van der Waals surface area (Å²) in [5.74, 6) is -0.438. The topological polar surface area (TPSA) is 69.6 Å². The fraction of sp³-hybridized carbons (Fsp3) is 0.182. The summed E-state index contributed by atoms with van der Waals surface area (Å²) in [5, 5.41) is 21.1. The Morgan fingerprint density at radius 2 is 1.93 bits per heavy atom. The summed E-state index contributed by atoms with van der Waals surface area (Å²) in [6.07, 6.45) is 0. The van der Waals surface area contributed by atoms with E-state index in [4.69, 9.17) is 5.11 Å². The largest absolute Gasteiger partial charge is 0.509 e. The van der Waals surface area contributed by atoms with Crippen molar-refractivity contribution in [2.75, 3.05) is 6.61 Å². The zero-order valence-electron chi connectivity index (χ0n) is 7.97. The quantitative estimate of drug-likeness (QED) is 0.656. The predicted octanol–water partition coefficient (Wildman–Crippen LogP) is 0.446.